The van der Waals surface area contributed by atoms with E-state index in [0.717, 1.165) is 21.5 Å². The van der Waals surface area contributed by atoms with Gasteiger partial charge in [0.15, 0.2) is 0 Å². The summed E-state index contributed by atoms with van der Waals surface area (Å²) in [5.74, 6) is 0. The van der Waals surface area contributed by atoms with E-state index >= 15 is 0 Å². The third kappa shape index (κ3) is 4.51. The summed E-state index contributed by atoms with van der Waals surface area (Å²) in [4.78, 5) is 5.51. The van der Waals surface area contributed by atoms with Crippen LogP contribution in [0.2, 0.25) is 5.02 Å². The lowest BCUT2D eigenvalue weighted by Gasteiger charge is -2.21. The molecule has 0 spiro atoms. The second-order valence-corrected chi connectivity index (χ2v) is 7.04. The molecule has 0 radical (unpaired) electrons. The van der Waals surface area contributed by atoms with Crippen molar-refractivity contribution < 1.29 is 0 Å². The Labute approximate surface area is 130 Å². The Kier molecular flexibility index (Phi) is 5.08. The topological polar surface area (TPSA) is 24.9 Å². The van der Waals surface area contributed by atoms with Crippen molar-refractivity contribution in [1.82, 2.24) is 10.3 Å². The van der Waals surface area contributed by atoms with E-state index in [0.29, 0.717) is 0 Å². The molecule has 0 aliphatic carbocycles. The Morgan fingerprint density at radius 3 is 2.60 bits per heavy atom. The normalized spacial score (nSPS) is 11.6. The molecule has 0 saturated heterocycles. The molecule has 2 aromatic rings. The maximum Gasteiger partial charge on any atom is 0.105 e. The minimum atomic E-state index is 0.0855. The fourth-order valence-electron chi connectivity index (χ4n) is 1.64. The predicted molar refractivity (Wildman–Crippen MR) is 86.4 cm³/mol. The molecule has 1 N–H and O–H groups in total. The molecule has 4 heteroatoms. The van der Waals surface area contributed by atoms with Crippen LogP contribution in [0.25, 0.3) is 0 Å². The lowest BCUT2D eigenvalue weighted by molar-refractivity contribution is 0.422. The van der Waals surface area contributed by atoms with Gasteiger partial charge in [-0.15, -0.1) is 0 Å². The Morgan fingerprint density at radius 2 is 1.90 bits per heavy atom. The standard InChI is InChI=1S/C16H19ClN2S/c1-16(2,3)19-11-12-7-6-10-18-15(12)20-14-9-5-4-8-13(14)17/h4-10,19H,11H2,1-3H3. The first kappa shape index (κ1) is 15.4. The zero-order chi connectivity index (χ0) is 14.6. The number of halogens is 1. The summed E-state index contributed by atoms with van der Waals surface area (Å²) in [6.07, 6.45) is 1.82. The van der Waals surface area contributed by atoms with Crippen molar-refractivity contribution >= 4 is 23.4 Å². The Hall–Kier alpha value is -1.03. The van der Waals surface area contributed by atoms with Crippen molar-refractivity contribution in [2.24, 2.45) is 0 Å². The highest BCUT2D eigenvalue weighted by atomic mass is 35.5. The molecule has 0 atom stereocenters. The molecule has 0 aliphatic heterocycles. The number of rotatable bonds is 4. The Bertz CT molecular complexity index is 579. The molecule has 1 heterocycles. The molecule has 2 rings (SSSR count). The second-order valence-electron chi connectivity index (χ2n) is 5.60. The fraction of sp³-hybridized carbons (Fsp3) is 0.312. The molecule has 20 heavy (non-hydrogen) atoms. The third-order valence-corrected chi connectivity index (χ3v) is 4.28. The van der Waals surface area contributed by atoms with Crippen LogP contribution < -0.4 is 5.32 Å². The summed E-state index contributed by atoms with van der Waals surface area (Å²) in [5, 5.41) is 5.25. The maximum absolute atomic E-state index is 6.21. The van der Waals surface area contributed by atoms with Crippen LogP contribution in [0, 0.1) is 0 Å². The Balaban J connectivity index is 2.18. The smallest absolute Gasteiger partial charge is 0.105 e. The number of nitrogens with zero attached hydrogens (tertiary/aromatic N) is 1. The van der Waals surface area contributed by atoms with Gasteiger partial charge in [-0.25, -0.2) is 4.98 Å². The minimum Gasteiger partial charge on any atom is -0.308 e. The summed E-state index contributed by atoms with van der Waals surface area (Å²) < 4.78 is 0. The number of aromatic nitrogens is 1. The molecule has 0 unspecified atom stereocenters. The first-order valence-electron chi connectivity index (χ1n) is 6.57. The van der Waals surface area contributed by atoms with Crippen molar-refractivity contribution in [3.63, 3.8) is 0 Å². The van der Waals surface area contributed by atoms with Crippen LogP contribution in [-0.2, 0) is 6.54 Å². The number of hydrogen-bond acceptors (Lipinski definition) is 3. The molecule has 2 nitrogen and oxygen atoms in total. The van der Waals surface area contributed by atoms with Gasteiger partial charge in [0.2, 0.25) is 0 Å². The molecule has 106 valence electrons. The lowest BCUT2D eigenvalue weighted by atomic mass is 10.1. The van der Waals surface area contributed by atoms with Gasteiger partial charge in [0.25, 0.3) is 0 Å². The number of nitrogens with one attached hydrogen (secondary N) is 1. The number of benzene rings is 1. The van der Waals surface area contributed by atoms with Crippen molar-refractivity contribution in [3.05, 3.63) is 53.2 Å². The molecule has 0 saturated carbocycles. The van der Waals surface area contributed by atoms with Crippen LogP contribution in [0.5, 0.6) is 0 Å². The molecule has 1 aromatic carbocycles. The highest BCUT2D eigenvalue weighted by Gasteiger charge is 2.12. The summed E-state index contributed by atoms with van der Waals surface area (Å²) in [6, 6.07) is 11.9. The van der Waals surface area contributed by atoms with Crippen molar-refractivity contribution in [1.29, 1.82) is 0 Å². The number of hydrogen-bond donors (Lipinski definition) is 1. The van der Waals surface area contributed by atoms with Crippen LogP contribution in [0.4, 0.5) is 0 Å². The van der Waals surface area contributed by atoms with E-state index in [2.05, 4.69) is 37.1 Å². The molecule has 0 bridgehead atoms. The van der Waals surface area contributed by atoms with Crippen LogP contribution in [0.1, 0.15) is 26.3 Å². The third-order valence-electron chi connectivity index (χ3n) is 2.70. The average molecular weight is 307 g/mol. The van der Waals surface area contributed by atoms with E-state index in [1.54, 1.807) is 11.8 Å². The van der Waals surface area contributed by atoms with E-state index in [1.807, 2.05) is 36.5 Å². The van der Waals surface area contributed by atoms with Gasteiger partial charge in [-0.3, -0.25) is 0 Å². The van der Waals surface area contributed by atoms with Gasteiger partial charge in [-0.05, 0) is 44.5 Å². The van der Waals surface area contributed by atoms with E-state index in [4.69, 9.17) is 11.6 Å². The van der Waals surface area contributed by atoms with Crippen molar-refractivity contribution in [2.75, 3.05) is 0 Å². The van der Waals surface area contributed by atoms with Crippen LogP contribution in [0.15, 0.2) is 52.5 Å². The molecule has 0 aliphatic rings. The van der Waals surface area contributed by atoms with Crippen LogP contribution >= 0.6 is 23.4 Å². The van der Waals surface area contributed by atoms with Gasteiger partial charge in [-0.2, -0.15) is 0 Å². The maximum atomic E-state index is 6.21. The summed E-state index contributed by atoms with van der Waals surface area (Å²) in [6.45, 7) is 7.27. The largest absolute Gasteiger partial charge is 0.308 e. The first-order valence-corrected chi connectivity index (χ1v) is 7.76. The van der Waals surface area contributed by atoms with E-state index in [9.17, 15) is 0 Å². The fourth-order valence-corrected chi connectivity index (χ4v) is 2.80. The Morgan fingerprint density at radius 1 is 1.15 bits per heavy atom. The average Bonchev–Trinajstić information content (AvgIpc) is 2.39. The first-order chi connectivity index (χ1) is 9.46. The quantitative estimate of drug-likeness (QED) is 0.880. The predicted octanol–water partition coefficient (Wildman–Crippen LogP) is 4.77. The van der Waals surface area contributed by atoms with Gasteiger partial charge >= 0.3 is 0 Å². The second kappa shape index (κ2) is 6.61. The van der Waals surface area contributed by atoms with E-state index < -0.39 is 0 Å². The summed E-state index contributed by atoms with van der Waals surface area (Å²) in [7, 11) is 0. The number of pyridine rings is 1. The lowest BCUT2D eigenvalue weighted by Crippen LogP contribution is -2.35. The minimum absolute atomic E-state index is 0.0855. The molecular weight excluding hydrogens is 288 g/mol. The molecule has 0 fully saturated rings. The monoisotopic (exact) mass is 306 g/mol. The highest BCUT2D eigenvalue weighted by Crippen LogP contribution is 2.33. The van der Waals surface area contributed by atoms with Crippen LogP contribution in [0.3, 0.4) is 0 Å². The molecular formula is C16H19ClN2S. The highest BCUT2D eigenvalue weighted by molar-refractivity contribution is 7.99. The van der Waals surface area contributed by atoms with E-state index in [1.165, 1.54) is 5.56 Å². The van der Waals surface area contributed by atoms with Gasteiger partial charge in [-0.1, -0.05) is 41.6 Å². The summed E-state index contributed by atoms with van der Waals surface area (Å²) >= 11 is 7.82. The van der Waals surface area contributed by atoms with Crippen molar-refractivity contribution in [2.45, 2.75) is 42.8 Å². The summed E-state index contributed by atoms with van der Waals surface area (Å²) in [5.41, 5.74) is 1.27. The van der Waals surface area contributed by atoms with Gasteiger partial charge < -0.3 is 5.32 Å². The van der Waals surface area contributed by atoms with Crippen LogP contribution in [-0.4, -0.2) is 10.5 Å². The van der Waals surface area contributed by atoms with Gasteiger partial charge in [0.05, 0.1) is 5.02 Å². The zero-order valence-electron chi connectivity index (χ0n) is 12.0. The molecule has 1 aromatic heterocycles. The van der Waals surface area contributed by atoms with E-state index in [-0.39, 0.29) is 5.54 Å². The molecule has 0 amide bonds. The van der Waals surface area contributed by atoms with Crippen molar-refractivity contribution in [3.8, 4) is 0 Å². The SMILES string of the molecule is CC(C)(C)NCc1cccnc1Sc1ccccc1Cl. The van der Waals surface area contributed by atoms with Gasteiger partial charge in [0, 0.05) is 23.2 Å². The van der Waals surface area contributed by atoms with Gasteiger partial charge in [0.1, 0.15) is 5.03 Å². The zero-order valence-corrected chi connectivity index (χ0v) is 13.6.